The van der Waals surface area contributed by atoms with Crippen molar-refractivity contribution >= 4 is 39.0 Å². The minimum Gasteiger partial charge on any atom is -0.338 e. The summed E-state index contributed by atoms with van der Waals surface area (Å²) < 4.78 is 0.852. The van der Waals surface area contributed by atoms with Crippen LogP contribution < -0.4 is 5.32 Å². The zero-order valence-electron chi connectivity index (χ0n) is 8.54. The van der Waals surface area contributed by atoms with Crippen LogP contribution in [0, 0.1) is 6.92 Å². The summed E-state index contributed by atoms with van der Waals surface area (Å²) >= 11 is 9.35. The molecule has 2 rings (SSSR count). The summed E-state index contributed by atoms with van der Waals surface area (Å²) in [6.45, 7) is 1.98. The van der Waals surface area contributed by atoms with Crippen LogP contribution in [0.1, 0.15) is 5.56 Å². The van der Waals surface area contributed by atoms with E-state index < -0.39 is 0 Å². The minimum atomic E-state index is 0.566. The van der Waals surface area contributed by atoms with Gasteiger partial charge in [0.15, 0.2) is 0 Å². The summed E-state index contributed by atoms with van der Waals surface area (Å²) in [7, 11) is 0. The molecule has 0 atom stereocenters. The lowest BCUT2D eigenvalue weighted by atomic mass is 10.3. The van der Waals surface area contributed by atoms with Crippen LogP contribution in [0.3, 0.4) is 0 Å². The Morgan fingerprint density at radius 1 is 1.25 bits per heavy atom. The number of hydrogen-bond acceptors (Lipinski definition) is 3. The summed E-state index contributed by atoms with van der Waals surface area (Å²) in [5.41, 5.74) is 1.95. The molecule has 0 amide bonds. The van der Waals surface area contributed by atoms with Gasteiger partial charge in [0.2, 0.25) is 0 Å². The second-order valence-corrected chi connectivity index (χ2v) is 4.68. The summed E-state index contributed by atoms with van der Waals surface area (Å²) in [6.07, 6.45) is 5.21. The van der Waals surface area contributed by atoms with Crippen LogP contribution in [0.2, 0.25) is 5.02 Å². The van der Waals surface area contributed by atoms with Crippen molar-refractivity contribution in [2.45, 2.75) is 6.92 Å². The second kappa shape index (κ2) is 4.80. The van der Waals surface area contributed by atoms with Crippen LogP contribution in [0.5, 0.6) is 0 Å². The minimum absolute atomic E-state index is 0.566. The van der Waals surface area contributed by atoms with Gasteiger partial charge in [-0.3, -0.25) is 4.98 Å². The Morgan fingerprint density at radius 3 is 2.75 bits per heavy atom. The van der Waals surface area contributed by atoms with E-state index in [-0.39, 0.29) is 0 Å². The zero-order chi connectivity index (χ0) is 11.5. The first-order valence-corrected chi connectivity index (χ1v) is 5.82. The van der Waals surface area contributed by atoms with Gasteiger partial charge in [-0.05, 0) is 40.5 Å². The third-order valence-electron chi connectivity index (χ3n) is 1.95. The Labute approximate surface area is 107 Å². The van der Waals surface area contributed by atoms with Crippen LogP contribution in [0.15, 0.2) is 35.2 Å². The molecule has 2 aromatic heterocycles. The first-order chi connectivity index (χ1) is 7.65. The molecule has 0 saturated heterocycles. The Kier molecular flexibility index (Phi) is 3.41. The van der Waals surface area contributed by atoms with Crippen molar-refractivity contribution in [2.75, 3.05) is 5.32 Å². The number of nitrogens with one attached hydrogen (secondary N) is 1. The van der Waals surface area contributed by atoms with Crippen LogP contribution in [0.25, 0.3) is 0 Å². The van der Waals surface area contributed by atoms with E-state index in [1.165, 1.54) is 0 Å². The molecule has 0 aliphatic heterocycles. The molecule has 0 saturated carbocycles. The van der Waals surface area contributed by atoms with Crippen molar-refractivity contribution in [1.29, 1.82) is 0 Å². The van der Waals surface area contributed by atoms with E-state index >= 15 is 0 Å². The van der Waals surface area contributed by atoms with E-state index in [4.69, 9.17) is 11.6 Å². The summed E-state index contributed by atoms with van der Waals surface area (Å²) in [5.74, 6) is 0.622. The number of anilines is 2. The second-order valence-electron chi connectivity index (χ2n) is 3.36. The Hall–Kier alpha value is -1.13. The first kappa shape index (κ1) is 11.4. The van der Waals surface area contributed by atoms with Crippen molar-refractivity contribution in [2.24, 2.45) is 0 Å². The van der Waals surface area contributed by atoms with Crippen molar-refractivity contribution in [1.82, 2.24) is 9.97 Å². The molecule has 2 heterocycles. The number of nitrogens with zero attached hydrogens (tertiary/aromatic N) is 2. The monoisotopic (exact) mass is 297 g/mol. The maximum absolute atomic E-state index is 6.04. The standard InChI is InChI=1S/C11H9BrClN3/c1-7-2-9(6-14-4-7)16-11-10(13)3-8(12)5-15-11/h2-6H,1H3,(H,15,16). The largest absolute Gasteiger partial charge is 0.338 e. The maximum Gasteiger partial charge on any atom is 0.149 e. The number of halogens is 2. The summed E-state index contributed by atoms with van der Waals surface area (Å²) in [5, 5.41) is 3.68. The van der Waals surface area contributed by atoms with Gasteiger partial charge in [-0.15, -0.1) is 0 Å². The van der Waals surface area contributed by atoms with E-state index in [1.54, 1.807) is 24.7 Å². The molecule has 1 N–H and O–H groups in total. The molecule has 0 aliphatic carbocycles. The van der Waals surface area contributed by atoms with E-state index in [0.717, 1.165) is 15.7 Å². The summed E-state index contributed by atoms with van der Waals surface area (Å²) in [4.78, 5) is 8.27. The smallest absolute Gasteiger partial charge is 0.149 e. The highest BCUT2D eigenvalue weighted by atomic mass is 79.9. The molecular formula is C11H9BrClN3. The van der Waals surface area contributed by atoms with Gasteiger partial charge in [-0.25, -0.2) is 4.98 Å². The van der Waals surface area contributed by atoms with Gasteiger partial charge in [0.25, 0.3) is 0 Å². The van der Waals surface area contributed by atoms with Crippen LogP contribution in [-0.2, 0) is 0 Å². The molecule has 0 aliphatic rings. The lowest BCUT2D eigenvalue weighted by molar-refractivity contribution is 1.24. The first-order valence-electron chi connectivity index (χ1n) is 4.65. The normalized spacial score (nSPS) is 10.2. The highest BCUT2D eigenvalue weighted by Gasteiger charge is 2.03. The molecule has 0 aromatic carbocycles. The number of aromatic nitrogens is 2. The fourth-order valence-corrected chi connectivity index (χ4v) is 1.94. The molecule has 0 spiro atoms. The number of aryl methyl sites for hydroxylation is 1. The molecule has 0 unspecified atom stereocenters. The van der Waals surface area contributed by atoms with Crippen molar-refractivity contribution in [3.8, 4) is 0 Å². The van der Waals surface area contributed by atoms with Crippen LogP contribution in [0.4, 0.5) is 11.5 Å². The molecule has 3 nitrogen and oxygen atoms in total. The van der Waals surface area contributed by atoms with Crippen LogP contribution >= 0.6 is 27.5 Å². The highest BCUT2D eigenvalue weighted by Crippen LogP contribution is 2.25. The lowest BCUT2D eigenvalue weighted by Gasteiger charge is -2.07. The van der Waals surface area contributed by atoms with Gasteiger partial charge in [-0.1, -0.05) is 11.6 Å². The van der Waals surface area contributed by atoms with E-state index in [2.05, 4.69) is 31.2 Å². The lowest BCUT2D eigenvalue weighted by Crippen LogP contribution is -1.95. The maximum atomic E-state index is 6.04. The zero-order valence-corrected chi connectivity index (χ0v) is 10.9. The van der Waals surface area contributed by atoms with Gasteiger partial charge in [0, 0.05) is 16.9 Å². The topological polar surface area (TPSA) is 37.8 Å². The van der Waals surface area contributed by atoms with E-state index in [0.29, 0.717) is 10.8 Å². The number of rotatable bonds is 2. The third kappa shape index (κ3) is 2.71. The van der Waals surface area contributed by atoms with Crippen molar-refractivity contribution < 1.29 is 0 Å². The quantitative estimate of drug-likeness (QED) is 0.912. The van der Waals surface area contributed by atoms with Gasteiger partial charge in [0.1, 0.15) is 5.82 Å². The average molecular weight is 299 g/mol. The van der Waals surface area contributed by atoms with Crippen LogP contribution in [-0.4, -0.2) is 9.97 Å². The highest BCUT2D eigenvalue weighted by molar-refractivity contribution is 9.10. The molecule has 82 valence electrons. The molecular weight excluding hydrogens is 289 g/mol. The molecule has 5 heteroatoms. The van der Waals surface area contributed by atoms with E-state index in [1.807, 2.05) is 13.0 Å². The Balaban J connectivity index is 2.27. The molecule has 0 bridgehead atoms. The Bertz CT molecular complexity index is 516. The summed E-state index contributed by atoms with van der Waals surface area (Å²) in [6, 6.07) is 3.77. The van der Waals surface area contributed by atoms with Gasteiger partial charge >= 0.3 is 0 Å². The predicted octanol–water partition coefficient (Wildman–Crippen LogP) is 3.94. The number of hydrogen-bond donors (Lipinski definition) is 1. The molecule has 16 heavy (non-hydrogen) atoms. The fraction of sp³-hybridized carbons (Fsp3) is 0.0909. The van der Waals surface area contributed by atoms with Gasteiger partial charge < -0.3 is 5.32 Å². The average Bonchev–Trinajstić information content (AvgIpc) is 2.22. The molecule has 2 aromatic rings. The molecule has 0 radical (unpaired) electrons. The van der Waals surface area contributed by atoms with Gasteiger partial charge in [-0.2, -0.15) is 0 Å². The SMILES string of the molecule is Cc1cncc(Nc2ncc(Br)cc2Cl)c1. The van der Waals surface area contributed by atoms with Gasteiger partial charge in [0.05, 0.1) is 16.9 Å². The fourth-order valence-electron chi connectivity index (χ4n) is 1.27. The van der Waals surface area contributed by atoms with Crippen molar-refractivity contribution in [3.05, 3.63) is 45.8 Å². The predicted molar refractivity (Wildman–Crippen MR) is 69.2 cm³/mol. The van der Waals surface area contributed by atoms with Crippen molar-refractivity contribution in [3.63, 3.8) is 0 Å². The van der Waals surface area contributed by atoms with E-state index in [9.17, 15) is 0 Å². The Morgan fingerprint density at radius 2 is 2.06 bits per heavy atom. The molecule has 0 fully saturated rings. The number of pyridine rings is 2. The third-order valence-corrected chi connectivity index (χ3v) is 2.67.